The number of anilines is 1. The number of carbonyl (C=O) groups excluding carboxylic acids is 2. The molecule has 2 aliphatic rings. The molecule has 0 radical (unpaired) electrons. The van der Waals surface area contributed by atoms with Crippen LogP contribution >= 0.6 is 0 Å². The van der Waals surface area contributed by atoms with Crippen LogP contribution in [0.1, 0.15) is 54.6 Å². The summed E-state index contributed by atoms with van der Waals surface area (Å²) in [6.45, 7) is 8.96. The van der Waals surface area contributed by atoms with Gasteiger partial charge in [-0.3, -0.25) is 14.3 Å². The van der Waals surface area contributed by atoms with Gasteiger partial charge in [-0.2, -0.15) is 0 Å². The molecule has 3 aromatic carbocycles. The summed E-state index contributed by atoms with van der Waals surface area (Å²) in [5.74, 6) is 0.201. The molecule has 1 N–H and O–H groups in total. The number of nitrogens with one attached hydrogen (secondary N) is 1. The summed E-state index contributed by atoms with van der Waals surface area (Å²) in [5.41, 5.74) is 4.82. The first-order chi connectivity index (χ1) is 26.6. The Balaban J connectivity index is 1.07. The Kier molecular flexibility index (Phi) is 9.57. The third-order valence-corrected chi connectivity index (χ3v) is 10.7. The Morgan fingerprint density at radius 1 is 0.964 bits per heavy atom. The Hall–Kier alpha value is -6.05. The fourth-order valence-corrected chi connectivity index (χ4v) is 8.00. The second kappa shape index (κ2) is 14.6. The van der Waals surface area contributed by atoms with E-state index in [9.17, 15) is 9.59 Å². The highest BCUT2D eigenvalue weighted by atomic mass is 19.1. The number of amides is 2. The van der Waals surface area contributed by atoms with Gasteiger partial charge in [-0.15, -0.1) is 5.10 Å². The van der Waals surface area contributed by atoms with E-state index < -0.39 is 5.82 Å². The van der Waals surface area contributed by atoms with Crippen molar-refractivity contribution in [2.75, 3.05) is 51.3 Å². The number of rotatable bonds is 9. The zero-order valence-electron chi connectivity index (χ0n) is 31.4. The molecule has 1 fully saturated rings. The third kappa shape index (κ3) is 6.70. The van der Waals surface area contributed by atoms with Crippen LogP contribution in [0, 0.1) is 18.6 Å². The van der Waals surface area contributed by atoms with E-state index in [0.717, 1.165) is 22.6 Å². The Labute approximate surface area is 317 Å². The molecule has 2 amide bonds. The molecule has 55 heavy (non-hydrogen) atoms. The Morgan fingerprint density at radius 3 is 2.51 bits per heavy atom. The number of halogens is 2. The van der Waals surface area contributed by atoms with Gasteiger partial charge in [-0.25, -0.2) is 13.8 Å². The average Bonchev–Trinajstić information content (AvgIpc) is 3.96. The number of hydrogen-bond acceptors (Lipinski definition) is 7. The summed E-state index contributed by atoms with van der Waals surface area (Å²) < 4.78 is 41.4. The van der Waals surface area contributed by atoms with Crippen molar-refractivity contribution in [2.45, 2.75) is 46.2 Å². The molecule has 0 saturated carbocycles. The molecule has 1 saturated heterocycles. The zero-order chi connectivity index (χ0) is 38.4. The third-order valence-electron chi connectivity index (χ3n) is 10.7. The number of benzene rings is 3. The van der Waals surface area contributed by atoms with Crippen molar-refractivity contribution >= 4 is 45.0 Å². The highest BCUT2D eigenvalue weighted by molar-refractivity contribution is 6.05. The van der Waals surface area contributed by atoms with Crippen molar-refractivity contribution in [3.63, 3.8) is 0 Å². The number of aromatic nitrogens is 6. The normalized spacial score (nSPS) is 15.0. The second-order valence-corrected chi connectivity index (χ2v) is 14.4. The number of carbonyl (C=O) groups is 2. The number of methoxy groups -OCH3 is 1. The van der Waals surface area contributed by atoms with Gasteiger partial charge < -0.3 is 29.0 Å². The average molecular weight is 748 g/mol. The van der Waals surface area contributed by atoms with E-state index in [1.807, 2.05) is 61.7 Å². The summed E-state index contributed by atoms with van der Waals surface area (Å²) in [5, 5.41) is 8.29. The van der Waals surface area contributed by atoms with Crippen molar-refractivity contribution in [1.82, 2.24) is 39.3 Å². The van der Waals surface area contributed by atoms with E-state index in [0.29, 0.717) is 79.0 Å². The summed E-state index contributed by atoms with van der Waals surface area (Å²) in [6.07, 6.45) is 6.08. The van der Waals surface area contributed by atoms with Crippen molar-refractivity contribution in [3.05, 3.63) is 95.7 Å². The molecule has 14 heteroatoms. The smallest absolute Gasteiger partial charge is 0.270 e. The van der Waals surface area contributed by atoms with Gasteiger partial charge in [0.05, 0.1) is 30.9 Å². The van der Waals surface area contributed by atoms with Gasteiger partial charge in [-0.1, -0.05) is 29.5 Å². The quantitative estimate of drug-likeness (QED) is 0.177. The molecule has 3 aromatic heterocycles. The van der Waals surface area contributed by atoms with Crippen LogP contribution in [0.15, 0.2) is 67.0 Å². The molecule has 0 spiro atoms. The van der Waals surface area contributed by atoms with Crippen LogP contribution in [0.25, 0.3) is 38.6 Å². The van der Waals surface area contributed by atoms with E-state index in [4.69, 9.17) is 4.74 Å². The highest BCUT2D eigenvalue weighted by Gasteiger charge is 2.29. The number of piperazine rings is 1. The fourth-order valence-electron chi connectivity index (χ4n) is 8.00. The Bertz CT molecular complexity index is 2440. The highest BCUT2D eigenvalue weighted by Crippen LogP contribution is 2.40. The first-order valence-electron chi connectivity index (χ1n) is 18.6. The minimum absolute atomic E-state index is 0.0525. The largest absolute Gasteiger partial charge is 0.496 e. The van der Waals surface area contributed by atoms with Gasteiger partial charge in [0.2, 0.25) is 5.91 Å². The van der Waals surface area contributed by atoms with E-state index in [-0.39, 0.29) is 47.8 Å². The maximum absolute atomic E-state index is 16.8. The number of aryl methyl sites for hydroxylation is 2. The lowest BCUT2D eigenvalue weighted by Gasteiger charge is -2.36. The molecular formula is C41H43F2N9O3. The standard InChI is InChI=1S/C41H43F2N9O3/c1-25(2)52-26(3)45-40-33(42)20-28(21-35(40)52)48-16-18-49(19-17-48)41(54)34-23-32-31(29-9-5-6-10-36(29)55-4)22-30(38(43)39(32)46-34)27-8-7-13-50(24-27)37(53)11-14-51-15-12-44-47-51/h5-6,8-10,12,15,20-23,25,46H,7,11,13-14,16-19,24H2,1-4H3. The van der Waals surface area contributed by atoms with E-state index in [1.54, 1.807) is 46.1 Å². The number of ether oxygens (including phenoxy) is 1. The fraction of sp³-hybridized carbons (Fsp3) is 0.341. The predicted molar refractivity (Wildman–Crippen MR) is 207 cm³/mol. The number of aromatic amines is 1. The topological polar surface area (TPSA) is 117 Å². The van der Waals surface area contributed by atoms with Gasteiger partial charge in [0, 0.05) is 80.1 Å². The van der Waals surface area contributed by atoms with E-state index in [1.165, 1.54) is 6.07 Å². The van der Waals surface area contributed by atoms with Crippen LogP contribution in [-0.2, 0) is 11.3 Å². The number of hydrogen-bond donors (Lipinski definition) is 1. The minimum atomic E-state index is -0.492. The first kappa shape index (κ1) is 36.0. The molecule has 0 bridgehead atoms. The molecule has 12 nitrogen and oxygen atoms in total. The van der Waals surface area contributed by atoms with Crippen LogP contribution in [0.2, 0.25) is 0 Å². The number of imidazole rings is 1. The molecule has 284 valence electrons. The Morgan fingerprint density at radius 2 is 1.76 bits per heavy atom. The minimum Gasteiger partial charge on any atom is -0.496 e. The van der Waals surface area contributed by atoms with Crippen molar-refractivity contribution < 1.29 is 23.1 Å². The maximum atomic E-state index is 16.8. The molecule has 0 atom stereocenters. The van der Waals surface area contributed by atoms with E-state index >= 15 is 8.78 Å². The number of H-pyrrole nitrogens is 1. The maximum Gasteiger partial charge on any atom is 0.270 e. The van der Waals surface area contributed by atoms with Crippen molar-refractivity contribution in [3.8, 4) is 16.9 Å². The van der Waals surface area contributed by atoms with Crippen LogP contribution in [0.3, 0.4) is 0 Å². The molecule has 0 aliphatic carbocycles. The van der Waals surface area contributed by atoms with Crippen molar-refractivity contribution in [2.24, 2.45) is 0 Å². The summed E-state index contributed by atoms with van der Waals surface area (Å²) in [4.78, 5) is 40.5. The number of para-hydroxylation sites is 1. The predicted octanol–water partition coefficient (Wildman–Crippen LogP) is 6.62. The van der Waals surface area contributed by atoms with Gasteiger partial charge in [0.25, 0.3) is 5.91 Å². The van der Waals surface area contributed by atoms with Crippen LogP contribution in [0.4, 0.5) is 14.5 Å². The number of nitrogens with zero attached hydrogens (tertiary/aromatic N) is 8. The van der Waals surface area contributed by atoms with Gasteiger partial charge in [0.1, 0.15) is 22.8 Å². The lowest BCUT2D eigenvalue weighted by Crippen LogP contribution is -2.48. The molecule has 6 aromatic rings. The summed E-state index contributed by atoms with van der Waals surface area (Å²) in [7, 11) is 1.59. The van der Waals surface area contributed by atoms with Gasteiger partial charge in [0.15, 0.2) is 11.6 Å². The first-order valence-corrected chi connectivity index (χ1v) is 18.6. The van der Waals surface area contributed by atoms with Gasteiger partial charge in [-0.05, 0) is 68.7 Å². The zero-order valence-corrected chi connectivity index (χ0v) is 31.4. The molecular weight excluding hydrogens is 705 g/mol. The van der Waals surface area contributed by atoms with Crippen LogP contribution < -0.4 is 9.64 Å². The second-order valence-electron chi connectivity index (χ2n) is 14.4. The SMILES string of the molecule is COc1ccccc1-c1cc(C2=CCCN(C(=O)CCn3ccnn3)C2)c(F)c2[nH]c(C(=O)N3CCN(c4cc(F)c5nc(C)n(C(C)C)c5c4)CC3)cc12. The lowest BCUT2D eigenvalue weighted by molar-refractivity contribution is -0.131. The number of fused-ring (bicyclic) bond motifs is 2. The van der Waals surface area contributed by atoms with Gasteiger partial charge >= 0.3 is 0 Å². The van der Waals surface area contributed by atoms with E-state index in [2.05, 4.69) is 25.2 Å². The summed E-state index contributed by atoms with van der Waals surface area (Å²) >= 11 is 0. The molecule has 2 aliphatic heterocycles. The van der Waals surface area contributed by atoms with Crippen LogP contribution in [0.5, 0.6) is 5.75 Å². The summed E-state index contributed by atoms with van der Waals surface area (Å²) in [6, 6.07) is 14.6. The van der Waals surface area contributed by atoms with Crippen LogP contribution in [-0.4, -0.2) is 97.5 Å². The molecule has 8 rings (SSSR count). The van der Waals surface area contributed by atoms with Crippen molar-refractivity contribution in [1.29, 1.82) is 0 Å². The lowest BCUT2D eigenvalue weighted by atomic mass is 9.93. The molecule has 5 heterocycles. The molecule has 0 unspecified atom stereocenters. The monoisotopic (exact) mass is 747 g/mol.